The van der Waals surface area contributed by atoms with E-state index in [2.05, 4.69) is 22.6 Å². The standard InChI is InChI=1S/C15H14INO3/c1-19-13-7-6-9(16)8-11(13)14(18)10-4-3-5-12(17)15(10)20-2/h3-8H,17H2,1-2H3. The third-order valence-electron chi connectivity index (χ3n) is 2.90. The van der Waals surface area contributed by atoms with Crippen molar-refractivity contribution in [1.82, 2.24) is 0 Å². The van der Waals surface area contributed by atoms with Crippen molar-refractivity contribution < 1.29 is 14.3 Å². The smallest absolute Gasteiger partial charge is 0.200 e. The lowest BCUT2D eigenvalue weighted by molar-refractivity contribution is 0.103. The molecule has 0 saturated heterocycles. The van der Waals surface area contributed by atoms with Gasteiger partial charge in [-0.1, -0.05) is 6.07 Å². The van der Waals surface area contributed by atoms with Crippen molar-refractivity contribution in [3.05, 3.63) is 51.1 Å². The summed E-state index contributed by atoms with van der Waals surface area (Å²) in [5, 5.41) is 0. The summed E-state index contributed by atoms with van der Waals surface area (Å²) < 4.78 is 11.4. The fourth-order valence-corrected chi connectivity index (χ4v) is 2.46. The number of ketones is 1. The number of ether oxygens (including phenoxy) is 2. The molecule has 104 valence electrons. The highest BCUT2D eigenvalue weighted by molar-refractivity contribution is 14.1. The molecular formula is C15H14INO3. The molecule has 0 radical (unpaired) electrons. The molecule has 0 fully saturated rings. The van der Waals surface area contributed by atoms with E-state index in [1.165, 1.54) is 14.2 Å². The first-order valence-corrected chi connectivity index (χ1v) is 6.97. The lowest BCUT2D eigenvalue weighted by Gasteiger charge is -2.12. The van der Waals surface area contributed by atoms with Crippen LogP contribution in [0.15, 0.2) is 36.4 Å². The summed E-state index contributed by atoms with van der Waals surface area (Å²) in [6, 6.07) is 10.6. The second-order valence-corrected chi connectivity index (χ2v) is 5.35. The number of anilines is 1. The summed E-state index contributed by atoms with van der Waals surface area (Å²) in [5.41, 5.74) is 7.18. The molecule has 2 aromatic rings. The quantitative estimate of drug-likeness (QED) is 0.501. The van der Waals surface area contributed by atoms with Gasteiger partial charge in [0.15, 0.2) is 5.75 Å². The van der Waals surface area contributed by atoms with Crippen molar-refractivity contribution >= 4 is 34.1 Å². The Balaban J connectivity index is 2.57. The molecule has 2 rings (SSSR count). The van der Waals surface area contributed by atoms with Crippen LogP contribution in [0.4, 0.5) is 5.69 Å². The van der Waals surface area contributed by atoms with Gasteiger partial charge in [0.1, 0.15) is 5.75 Å². The zero-order valence-electron chi connectivity index (χ0n) is 11.1. The molecule has 0 aliphatic carbocycles. The first kappa shape index (κ1) is 14.6. The minimum Gasteiger partial charge on any atom is -0.496 e. The summed E-state index contributed by atoms with van der Waals surface area (Å²) in [4.78, 5) is 12.7. The number of halogens is 1. The molecule has 2 aromatic carbocycles. The van der Waals surface area contributed by atoms with E-state index >= 15 is 0 Å². The lowest BCUT2D eigenvalue weighted by atomic mass is 10.0. The number of carbonyl (C=O) groups excluding carboxylic acids is 1. The zero-order valence-corrected chi connectivity index (χ0v) is 13.3. The second-order valence-electron chi connectivity index (χ2n) is 4.10. The highest BCUT2D eigenvalue weighted by Gasteiger charge is 2.20. The van der Waals surface area contributed by atoms with E-state index in [9.17, 15) is 4.79 Å². The van der Waals surface area contributed by atoms with Crippen molar-refractivity contribution in [1.29, 1.82) is 0 Å². The Morgan fingerprint density at radius 1 is 1.10 bits per heavy atom. The molecule has 0 atom stereocenters. The predicted octanol–water partition coefficient (Wildman–Crippen LogP) is 3.12. The molecule has 0 bridgehead atoms. The average molecular weight is 383 g/mol. The Morgan fingerprint density at radius 2 is 1.85 bits per heavy atom. The first-order valence-electron chi connectivity index (χ1n) is 5.89. The van der Waals surface area contributed by atoms with Gasteiger partial charge in [-0.15, -0.1) is 0 Å². The Morgan fingerprint density at radius 3 is 2.50 bits per heavy atom. The van der Waals surface area contributed by atoms with Crippen LogP contribution in [0.3, 0.4) is 0 Å². The molecule has 0 spiro atoms. The van der Waals surface area contributed by atoms with Crippen LogP contribution < -0.4 is 15.2 Å². The first-order chi connectivity index (χ1) is 9.58. The molecular weight excluding hydrogens is 369 g/mol. The van der Waals surface area contributed by atoms with Crippen molar-refractivity contribution in [2.24, 2.45) is 0 Å². The maximum atomic E-state index is 12.7. The molecule has 0 saturated carbocycles. The van der Waals surface area contributed by atoms with Crippen LogP contribution in [-0.4, -0.2) is 20.0 Å². The van der Waals surface area contributed by atoms with Gasteiger partial charge in [-0.05, 0) is 52.9 Å². The van der Waals surface area contributed by atoms with E-state index in [1.54, 1.807) is 30.3 Å². The molecule has 4 nitrogen and oxygen atoms in total. The van der Waals surface area contributed by atoms with Crippen LogP contribution in [0.5, 0.6) is 11.5 Å². The number of hydrogen-bond donors (Lipinski definition) is 1. The van der Waals surface area contributed by atoms with Crippen LogP contribution in [0, 0.1) is 3.57 Å². The monoisotopic (exact) mass is 383 g/mol. The maximum absolute atomic E-state index is 12.7. The largest absolute Gasteiger partial charge is 0.496 e. The van der Waals surface area contributed by atoms with Crippen LogP contribution >= 0.6 is 22.6 Å². The molecule has 2 N–H and O–H groups in total. The molecule has 0 aliphatic heterocycles. The molecule has 0 unspecified atom stereocenters. The minimum absolute atomic E-state index is 0.176. The molecule has 0 aliphatic rings. The zero-order chi connectivity index (χ0) is 14.7. The Kier molecular flexibility index (Phi) is 4.49. The average Bonchev–Trinajstić information content (AvgIpc) is 2.46. The van der Waals surface area contributed by atoms with Gasteiger partial charge in [-0.2, -0.15) is 0 Å². The Bertz CT molecular complexity index is 652. The van der Waals surface area contributed by atoms with E-state index in [-0.39, 0.29) is 5.78 Å². The number of methoxy groups -OCH3 is 2. The fraction of sp³-hybridized carbons (Fsp3) is 0.133. The number of hydrogen-bond acceptors (Lipinski definition) is 4. The van der Waals surface area contributed by atoms with Gasteiger partial charge < -0.3 is 15.2 Å². The third kappa shape index (κ3) is 2.72. The van der Waals surface area contributed by atoms with E-state index < -0.39 is 0 Å². The minimum atomic E-state index is -0.176. The lowest BCUT2D eigenvalue weighted by Crippen LogP contribution is -2.07. The molecule has 20 heavy (non-hydrogen) atoms. The Labute approximate surface area is 131 Å². The summed E-state index contributed by atoms with van der Waals surface area (Å²) in [5.74, 6) is 0.739. The number of carbonyl (C=O) groups is 1. The van der Waals surface area contributed by atoms with Gasteiger partial charge in [-0.25, -0.2) is 0 Å². The normalized spacial score (nSPS) is 10.2. The molecule has 0 amide bonds. The van der Waals surface area contributed by atoms with Crippen molar-refractivity contribution in [3.63, 3.8) is 0 Å². The highest BCUT2D eigenvalue weighted by Crippen LogP contribution is 2.31. The van der Waals surface area contributed by atoms with Gasteiger partial charge in [0.2, 0.25) is 5.78 Å². The molecule has 5 heteroatoms. The number of benzene rings is 2. The number of nitrogens with two attached hydrogens (primary N) is 1. The van der Waals surface area contributed by atoms with Gasteiger partial charge >= 0.3 is 0 Å². The van der Waals surface area contributed by atoms with Crippen molar-refractivity contribution in [3.8, 4) is 11.5 Å². The summed E-state index contributed by atoms with van der Waals surface area (Å²) in [6.07, 6.45) is 0. The van der Waals surface area contributed by atoms with Gasteiger partial charge in [0.25, 0.3) is 0 Å². The van der Waals surface area contributed by atoms with E-state index in [0.29, 0.717) is 28.3 Å². The number of nitrogen functional groups attached to an aromatic ring is 1. The van der Waals surface area contributed by atoms with Gasteiger partial charge in [0, 0.05) is 3.57 Å². The second kappa shape index (κ2) is 6.13. The predicted molar refractivity (Wildman–Crippen MR) is 86.5 cm³/mol. The Hall–Kier alpha value is -1.76. The summed E-state index contributed by atoms with van der Waals surface area (Å²) in [6.45, 7) is 0. The van der Waals surface area contributed by atoms with Crippen LogP contribution in [0.2, 0.25) is 0 Å². The summed E-state index contributed by atoms with van der Waals surface area (Å²) in [7, 11) is 3.03. The summed E-state index contributed by atoms with van der Waals surface area (Å²) >= 11 is 2.15. The van der Waals surface area contributed by atoms with E-state index in [0.717, 1.165) is 3.57 Å². The maximum Gasteiger partial charge on any atom is 0.200 e. The van der Waals surface area contributed by atoms with Crippen LogP contribution in [0.1, 0.15) is 15.9 Å². The van der Waals surface area contributed by atoms with Crippen LogP contribution in [0.25, 0.3) is 0 Å². The molecule has 0 aromatic heterocycles. The van der Waals surface area contributed by atoms with E-state index in [1.807, 2.05) is 6.07 Å². The van der Waals surface area contributed by atoms with Crippen LogP contribution in [-0.2, 0) is 0 Å². The van der Waals surface area contributed by atoms with Crippen molar-refractivity contribution in [2.75, 3.05) is 20.0 Å². The van der Waals surface area contributed by atoms with Gasteiger partial charge in [0.05, 0.1) is 31.0 Å². The topological polar surface area (TPSA) is 61.5 Å². The fourth-order valence-electron chi connectivity index (χ4n) is 1.96. The number of rotatable bonds is 4. The van der Waals surface area contributed by atoms with E-state index in [4.69, 9.17) is 15.2 Å². The highest BCUT2D eigenvalue weighted by atomic mass is 127. The van der Waals surface area contributed by atoms with Gasteiger partial charge in [-0.3, -0.25) is 4.79 Å². The molecule has 0 heterocycles. The third-order valence-corrected chi connectivity index (χ3v) is 3.57. The number of para-hydroxylation sites is 1. The van der Waals surface area contributed by atoms with Crippen molar-refractivity contribution in [2.45, 2.75) is 0 Å². The SMILES string of the molecule is COc1ccc(I)cc1C(=O)c1cccc(N)c1OC.